The number of carboxylic acid groups (broad SMARTS) is 1. The second-order valence-corrected chi connectivity index (χ2v) is 4.12. The van der Waals surface area contributed by atoms with Gasteiger partial charge in [-0.15, -0.1) is 0 Å². The maximum atomic E-state index is 10.8. The van der Waals surface area contributed by atoms with Crippen molar-refractivity contribution in [3.8, 4) is 0 Å². The van der Waals surface area contributed by atoms with Crippen molar-refractivity contribution in [1.82, 2.24) is 4.31 Å². The summed E-state index contributed by atoms with van der Waals surface area (Å²) in [5.41, 5.74) is 5.10. The van der Waals surface area contributed by atoms with Gasteiger partial charge in [-0.25, -0.2) is 5.14 Å². The summed E-state index contributed by atoms with van der Waals surface area (Å²) < 4.78 is 22.3. The van der Waals surface area contributed by atoms with E-state index in [0.29, 0.717) is 4.31 Å². The molecule has 1 unspecified atom stereocenters. The molecule has 14 heavy (non-hydrogen) atoms. The molecule has 0 amide bonds. The monoisotopic (exact) mass is 227 g/mol. The fourth-order valence-electron chi connectivity index (χ4n) is 0.731. The molecule has 0 aromatic heterocycles. The molecule has 0 rings (SSSR count). The zero-order chi connectivity index (χ0) is 11.4. The van der Waals surface area contributed by atoms with E-state index in [1.807, 2.05) is 0 Å². The number of carboxylic acids is 1. The highest BCUT2D eigenvalue weighted by Gasteiger charge is 2.23. The van der Waals surface area contributed by atoms with Crippen LogP contribution < -0.4 is 10.9 Å². The number of rotatable bonds is 6. The second kappa shape index (κ2) is 5.22. The van der Waals surface area contributed by atoms with E-state index in [1.165, 1.54) is 0 Å². The normalized spacial score (nSPS) is 14.3. The second-order valence-electron chi connectivity index (χ2n) is 2.57. The molecule has 0 bridgehead atoms. The van der Waals surface area contributed by atoms with Crippen LogP contribution in [0.1, 0.15) is 0 Å². The summed E-state index contributed by atoms with van der Waals surface area (Å²) in [4.78, 5) is 10.3. The van der Waals surface area contributed by atoms with E-state index in [-0.39, 0.29) is 6.54 Å². The lowest BCUT2D eigenvalue weighted by Crippen LogP contribution is -2.48. The standard InChI is InChI=1S/C5H13N3O5S/c6-4(5(10)11)3-8(1-2-9)14(7,12)13/h4,9H,1-3,6H2,(H,10,11)(H2,7,12,13). The molecule has 0 heterocycles. The molecule has 0 fully saturated rings. The van der Waals surface area contributed by atoms with Crippen LogP contribution in [0.4, 0.5) is 0 Å². The molecule has 0 aromatic carbocycles. The van der Waals surface area contributed by atoms with Crippen LogP contribution in [0.15, 0.2) is 0 Å². The number of carbonyl (C=O) groups is 1. The van der Waals surface area contributed by atoms with Gasteiger partial charge in [0.15, 0.2) is 0 Å². The molecule has 0 saturated heterocycles. The van der Waals surface area contributed by atoms with Crippen LogP contribution in [0.2, 0.25) is 0 Å². The van der Waals surface area contributed by atoms with Crippen molar-refractivity contribution in [2.45, 2.75) is 6.04 Å². The highest BCUT2D eigenvalue weighted by atomic mass is 32.2. The van der Waals surface area contributed by atoms with Crippen molar-refractivity contribution in [2.75, 3.05) is 19.7 Å². The Balaban J connectivity index is 4.46. The van der Waals surface area contributed by atoms with Crippen LogP contribution in [-0.4, -0.2) is 54.6 Å². The van der Waals surface area contributed by atoms with Gasteiger partial charge in [0, 0.05) is 13.1 Å². The third kappa shape index (κ3) is 4.48. The fraction of sp³-hybridized carbons (Fsp3) is 0.800. The number of nitrogens with two attached hydrogens (primary N) is 2. The lowest BCUT2D eigenvalue weighted by Gasteiger charge is -2.19. The zero-order valence-corrected chi connectivity index (χ0v) is 8.14. The number of hydrogen-bond donors (Lipinski definition) is 4. The van der Waals surface area contributed by atoms with E-state index >= 15 is 0 Å². The predicted octanol–water partition coefficient (Wildman–Crippen LogP) is -3.10. The molecule has 9 heteroatoms. The predicted molar refractivity (Wildman–Crippen MR) is 47.4 cm³/mol. The molecule has 1 atom stereocenters. The summed E-state index contributed by atoms with van der Waals surface area (Å²) in [5, 5.41) is 21.7. The largest absolute Gasteiger partial charge is 0.480 e. The Morgan fingerprint density at radius 2 is 2.00 bits per heavy atom. The minimum atomic E-state index is -4.03. The summed E-state index contributed by atoms with van der Waals surface area (Å²) in [6, 6.07) is -1.36. The van der Waals surface area contributed by atoms with Crippen LogP contribution in [0.3, 0.4) is 0 Å². The van der Waals surface area contributed by atoms with E-state index in [9.17, 15) is 13.2 Å². The van der Waals surface area contributed by atoms with Crippen LogP contribution in [0.25, 0.3) is 0 Å². The first-order valence-electron chi connectivity index (χ1n) is 3.66. The maximum Gasteiger partial charge on any atom is 0.321 e. The van der Waals surface area contributed by atoms with Crippen molar-refractivity contribution in [3.63, 3.8) is 0 Å². The third-order valence-electron chi connectivity index (χ3n) is 1.43. The third-order valence-corrected chi connectivity index (χ3v) is 2.48. The first kappa shape index (κ1) is 13.3. The van der Waals surface area contributed by atoms with Crippen molar-refractivity contribution < 1.29 is 23.4 Å². The lowest BCUT2D eigenvalue weighted by molar-refractivity contribution is -0.138. The molecule has 0 saturated carbocycles. The Bertz CT molecular complexity index is 290. The fourth-order valence-corrected chi connectivity index (χ4v) is 1.44. The molecule has 0 aromatic rings. The van der Waals surface area contributed by atoms with Gasteiger partial charge in [-0.2, -0.15) is 12.7 Å². The van der Waals surface area contributed by atoms with Gasteiger partial charge in [0.05, 0.1) is 6.61 Å². The molecular formula is C5H13N3O5S. The van der Waals surface area contributed by atoms with E-state index in [2.05, 4.69) is 0 Å². The Hall–Kier alpha value is -0.740. The molecule has 0 aliphatic rings. The van der Waals surface area contributed by atoms with E-state index in [1.54, 1.807) is 0 Å². The summed E-state index contributed by atoms with van der Waals surface area (Å²) >= 11 is 0. The Morgan fingerprint density at radius 1 is 1.50 bits per heavy atom. The Labute approximate surface area is 81.3 Å². The number of aliphatic hydroxyl groups excluding tert-OH is 1. The number of nitrogens with zero attached hydrogens (tertiary/aromatic N) is 1. The van der Waals surface area contributed by atoms with E-state index in [4.69, 9.17) is 21.1 Å². The van der Waals surface area contributed by atoms with E-state index < -0.39 is 35.4 Å². The van der Waals surface area contributed by atoms with Crippen molar-refractivity contribution in [3.05, 3.63) is 0 Å². The maximum absolute atomic E-state index is 10.8. The van der Waals surface area contributed by atoms with Crippen molar-refractivity contribution in [1.29, 1.82) is 0 Å². The van der Waals surface area contributed by atoms with Gasteiger partial charge >= 0.3 is 5.97 Å². The Morgan fingerprint density at radius 3 is 2.29 bits per heavy atom. The van der Waals surface area contributed by atoms with Gasteiger partial charge in [0.1, 0.15) is 6.04 Å². The summed E-state index contributed by atoms with van der Waals surface area (Å²) in [6.45, 7) is -1.20. The van der Waals surface area contributed by atoms with Gasteiger partial charge in [-0.05, 0) is 0 Å². The highest BCUT2D eigenvalue weighted by Crippen LogP contribution is 1.95. The number of aliphatic hydroxyl groups is 1. The summed E-state index contributed by atoms with van der Waals surface area (Å²) in [5.74, 6) is -1.34. The quantitative estimate of drug-likeness (QED) is 0.378. The molecule has 0 radical (unpaired) electrons. The molecule has 84 valence electrons. The average Bonchev–Trinajstić information content (AvgIpc) is 2.01. The molecule has 8 nitrogen and oxygen atoms in total. The SMILES string of the molecule is NC(CN(CCO)S(N)(=O)=O)C(=O)O. The molecule has 0 spiro atoms. The van der Waals surface area contributed by atoms with Gasteiger partial charge in [0.2, 0.25) is 0 Å². The van der Waals surface area contributed by atoms with Crippen molar-refractivity contribution >= 4 is 16.2 Å². The molecule has 0 aliphatic heterocycles. The highest BCUT2D eigenvalue weighted by molar-refractivity contribution is 7.86. The van der Waals surface area contributed by atoms with E-state index in [0.717, 1.165) is 0 Å². The minimum absolute atomic E-state index is 0.278. The van der Waals surface area contributed by atoms with Gasteiger partial charge in [-0.3, -0.25) is 4.79 Å². The van der Waals surface area contributed by atoms with Crippen LogP contribution in [0.5, 0.6) is 0 Å². The zero-order valence-electron chi connectivity index (χ0n) is 7.33. The molecule has 6 N–H and O–H groups in total. The van der Waals surface area contributed by atoms with Crippen molar-refractivity contribution in [2.24, 2.45) is 10.9 Å². The van der Waals surface area contributed by atoms with Gasteiger partial charge in [-0.1, -0.05) is 0 Å². The summed E-state index contributed by atoms with van der Waals surface area (Å²) in [6.07, 6.45) is 0. The molecular weight excluding hydrogens is 214 g/mol. The number of aliphatic carboxylic acids is 1. The van der Waals surface area contributed by atoms with Crippen LogP contribution in [-0.2, 0) is 15.0 Å². The average molecular weight is 227 g/mol. The lowest BCUT2D eigenvalue weighted by atomic mass is 10.3. The van der Waals surface area contributed by atoms with Gasteiger partial charge in [0.25, 0.3) is 10.2 Å². The first-order chi connectivity index (χ1) is 6.29. The summed E-state index contributed by atoms with van der Waals surface area (Å²) in [7, 11) is -4.03. The smallest absolute Gasteiger partial charge is 0.321 e. The number of hydrogen-bond acceptors (Lipinski definition) is 5. The van der Waals surface area contributed by atoms with Crippen LogP contribution >= 0.6 is 0 Å². The minimum Gasteiger partial charge on any atom is -0.480 e. The Kier molecular flexibility index (Phi) is 4.94. The first-order valence-corrected chi connectivity index (χ1v) is 5.16. The van der Waals surface area contributed by atoms with Gasteiger partial charge < -0.3 is 15.9 Å². The molecule has 0 aliphatic carbocycles. The topological polar surface area (TPSA) is 147 Å². The van der Waals surface area contributed by atoms with Crippen LogP contribution in [0, 0.1) is 0 Å².